The molecule has 0 saturated carbocycles. The van der Waals surface area contributed by atoms with Gasteiger partial charge in [0, 0.05) is 31.7 Å². The summed E-state index contributed by atoms with van der Waals surface area (Å²) in [6.45, 7) is 9.04. The number of unbranched alkanes of at least 4 members (excludes halogenated alkanes) is 1. The first-order valence-electron chi connectivity index (χ1n) is 9.72. The number of aliphatic imine (C=N–C) groups is 1. The van der Waals surface area contributed by atoms with Gasteiger partial charge in [0.1, 0.15) is 12.1 Å². The Morgan fingerprint density at radius 3 is 2.73 bits per heavy atom. The molecule has 0 bridgehead atoms. The third-order valence-electron chi connectivity index (χ3n) is 4.44. The van der Waals surface area contributed by atoms with Crippen molar-refractivity contribution in [2.24, 2.45) is 10.9 Å². The quantitative estimate of drug-likeness (QED) is 0.505. The molecule has 0 aliphatic heterocycles. The van der Waals surface area contributed by atoms with E-state index in [1.807, 2.05) is 23.0 Å². The molecule has 6 heteroatoms. The van der Waals surface area contributed by atoms with E-state index in [0.29, 0.717) is 12.5 Å². The maximum absolute atomic E-state index is 4.70. The van der Waals surface area contributed by atoms with E-state index in [0.717, 1.165) is 30.4 Å². The molecule has 2 aromatic heterocycles. The van der Waals surface area contributed by atoms with Crippen LogP contribution in [0.15, 0.2) is 42.0 Å². The number of guanidine groups is 1. The van der Waals surface area contributed by atoms with Gasteiger partial charge in [0.2, 0.25) is 0 Å². The van der Waals surface area contributed by atoms with E-state index in [2.05, 4.69) is 47.4 Å². The second kappa shape index (κ2) is 11.3. The molecule has 1 unspecified atom stereocenters. The van der Waals surface area contributed by atoms with E-state index < -0.39 is 0 Å². The summed E-state index contributed by atoms with van der Waals surface area (Å²) in [6, 6.07) is 4.05. The van der Waals surface area contributed by atoms with Crippen LogP contribution in [0, 0.1) is 5.92 Å². The summed E-state index contributed by atoms with van der Waals surface area (Å²) in [5, 5.41) is 6.82. The number of nitrogens with one attached hydrogen (secondary N) is 2. The largest absolute Gasteiger partial charge is 0.357 e. The standard InChI is InChI=1S/C20H32N6/c1-4-7-8-17(5-2)13-24-20(22-6-3)25-15-18-9-10-19(23-14-18)26-12-11-21-16-26/h9-12,14,16-17H,4-8,13,15H2,1-3H3,(H2,22,24,25). The fourth-order valence-corrected chi connectivity index (χ4v) is 2.75. The van der Waals surface area contributed by atoms with Crippen LogP contribution >= 0.6 is 0 Å². The Labute approximate surface area is 157 Å². The lowest BCUT2D eigenvalue weighted by Crippen LogP contribution is -2.39. The highest BCUT2D eigenvalue weighted by atomic mass is 15.2. The van der Waals surface area contributed by atoms with E-state index in [-0.39, 0.29) is 0 Å². The average Bonchev–Trinajstić information content (AvgIpc) is 3.21. The SMILES string of the molecule is CCCCC(CC)CNC(=NCc1ccc(-n2ccnc2)nc1)NCC. The van der Waals surface area contributed by atoms with Crippen molar-refractivity contribution in [3.63, 3.8) is 0 Å². The lowest BCUT2D eigenvalue weighted by atomic mass is 9.99. The molecule has 2 rings (SSSR count). The van der Waals surface area contributed by atoms with Gasteiger partial charge in [0.25, 0.3) is 0 Å². The molecular formula is C20H32N6. The Hall–Kier alpha value is -2.37. The van der Waals surface area contributed by atoms with Gasteiger partial charge in [-0.05, 0) is 30.9 Å². The van der Waals surface area contributed by atoms with Crippen LogP contribution in [0.2, 0.25) is 0 Å². The van der Waals surface area contributed by atoms with Crippen LogP contribution in [0.5, 0.6) is 0 Å². The molecule has 0 aliphatic carbocycles. The van der Waals surface area contributed by atoms with Gasteiger partial charge in [-0.2, -0.15) is 0 Å². The van der Waals surface area contributed by atoms with Crippen molar-refractivity contribution in [2.45, 2.75) is 53.0 Å². The molecular weight excluding hydrogens is 324 g/mol. The second-order valence-electron chi connectivity index (χ2n) is 6.49. The minimum atomic E-state index is 0.609. The molecule has 2 aromatic rings. The zero-order valence-electron chi connectivity index (χ0n) is 16.3. The predicted molar refractivity (Wildman–Crippen MR) is 107 cm³/mol. The molecule has 142 valence electrons. The first-order chi connectivity index (χ1) is 12.8. The van der Waals surface area contributed by atoms with Gasteiger partial charge in [-0.15, -0.1) is 0 Å². The van der Waals surface area contributed by atoms with Crippen molar-refractivity contribution in [1.29, 1.82) is 0 Å². The first kappa shape index (κ1) is 19.9. The summed E-state index contributed by atoms with van der Waals surface area (Å²) in [5.74, 6) is 2.44. The highest BCUT2D eigenvalue weighted by Crippen LogP contribution is 2.11. The summed E-state index contributed by atoms with van der Waals surface area (Å²) in [4.78, 5) is 13.2. The molecule has 0 fully saturated rings. The number of hydrogen-bond donors (Lipinski definition) is 2. The van der Waals surface area contributed by atoms with Gasteiger partial charge in [0.05, 0.1) is 6.54 Å². The third kappa shape index (κ3) is 6.50. The third-order valence-corrected chi connectivity index (χ3v) is 4.44. The van der Waals surface area contributed by atoms with E-state index >= 15 is 0 Å². The molecule has 1 atom stereocenters. The highest BCUT2D eigenvalue weighted by molar-refractivity contribution is 5.79. The number of rotatable bonds is 10. The number of hydrogen-bond acceptors (Lipinski definition) is 3. The van der Waals surface area contributed by atoms with Crippen molar-refractivity contribution in [2.75, 3.05) is 13.1 Å². The Kier molecular flexibility index (Phi) is 8.66. The highest BCUT2D eigenvalue weighted by Gasteiger charge is 2.07. The van der Waals surface area contributed by atoms with Crippen LogP contribution in [-0.2, 0) is 6.54 Å². The van der Waals surface area contributed by atoms with Crippen LogP contribution in [0.4, 0.5) is 0 Å². The van der Waals surface area contributed by atoms with Crippen molar-refractivity contribution in [3.8, 4) is 5.82 Å². The van der Waals surface area contributed by atoms with Crippen LogP contribution in [0.1, 0.15) is 52.0 Å². The summed E-state index contributed by atoms with van der Waals surface area (Å²) in [5.41, 5.74) is 1.09. The van der Waals surface area contributed by atoms with Gasteiger partial charge in [0.15, 0.2) is 5.96 Å². The van der Waals surface area contributed by atoms with Crippen molar-refractivity contribution in [3.05, 3.63) is 42.6 Å². The molecule has 0 saturated heterocycles. The molecule has 0 amide bonds. The fourth-order valence-electron chi connectivity index (χ4n) is 2.75. The van der Waals surface area contributed by atoms with Crippen LogP contribution in [0.25, 0.3) is 5.82 Å². The van der Waals surface area contributed by atoms with Crippen LogP contribution in [-0.4, -0.2) is 33.6 Å². The maximum Gasteiger partial charge on any atom is 0.191 e. The Balaban J connectivity index is 1.91. The van der Waals surface area contributed by atoms with E-state index in [9.17, 15) is 0 Å². The van der Waals surface area contributed by atoms with Gasteiger partial charge < -0.3 is 10.6 Å². The molecule has 6 nitrogen and oxygen atoms in total. The van der Waals surface area contributed by atoms with E-state index in [1.54, 1.807) is 12.5 Å². The molecule has 26 heavy (non-hydrogen) atoms. The van der Waals surface area contributed by atoms with Crippen molar-refractivity contribution in [1.82, 2.24) is 25.2 Å². The monoisotopic (exact) mass is 356 g/mol. The summed E-state index contributed by atoms with van der Waals surface area (Å²) in [6.07, 6.45) is 12.3. The lowest BCUT2D eigenvalue weighted by Gasteiger charge is -2.18. The number of imidazole rings is 1. The minimum Gasteiger partial charge on any atom is -0.357 e. The van der Waals surface area contributed by atoms with Gasteiger partial charge >= 0.3 is 0 Å². The van der Waals surface area contributed by atoms with E-state index in [4.69, 9.17) is 4.99 Å². The van der Waals surface area contributed by atoms with E-state index in [1.165, 1.54) is 25.7 Å². The second-order valence-corrected chi connectivity index (χ2v) is 6.49. The predicted octanol–water partition coefficient (Wildman–Crippen LogP) is 3.54. The smallest absolute Gasteiger partial charge is 0.191 e. The molecule has 0 radical (unpaired) electrons. The van der Waals surface area contributed by atoms with Gasteiger partial charge in [-0.1, -0.05) is 39.2 Å². The minimum absolute atomic E-state index is 0.609. The van der Waals surface area contributed by atoms with Crippen LogP contribution < -0.4 is 10.6 Å². The molecule has 2 heterocycles. The zero-order chi connectivity index (χ0) is 18.6. The van der Waals surface area contributed by atoms with Gasteiger partial charge in [-0.25, -0.2) is 15.0 Å². The lowest BCUT2D eigenvalue weighted by molar-refractivity contribution is 0.443. The first-order valence-corrected chi connectivity index (χ1v) is 9.72. The number of pyridine rings is 1. The molecule has 0 spiro atoms. The summed E-state index contributed by atoms with van der Waals surface area (Å²) in [7, 11) is 0. The van der Waals surface area contributed by atoms with Gasteiger partial charge in [-0.3, -0.25) is 4.57 Å². The molecule has 0 aliphatic rings. The molecule has 2 N–H and O–H groups in total. The zero-order valence-corrected chi connectivity index (χ0v) is 16.3. The Morgan fingerprint density at radius 2 is 2.12 bits per heavy atom. The number of aromatic nitrogens is 3. The summed E-state index contributed by atoms with van der Waals surface area (Å²) >= 11 is 0. The number of nitrogens with zero attached hydrogens (tertiary/aromatic N) is 4. The van der Waals surface area contributed by atoms with Crippen molar-refractivity contribution < 1.29 is 0 Å². The normalized spacial score (nSPS) is 12.8. The van der Waals surface area contributed by atoms with Crippen molar-refractivity contribution >= 4 is 5.96 Å². The maximum atomic E-state index is 4.70. The Morgan fingerprint density at radius 1 is 1.23 bits per heavy atom. The Bertz CT molecular complexity index is 633. The molecule has 0 aromatic carbocycles. The fraction of sp³-hybridized carbons (Fsp3) is 0.550. The van der Waals surface area contributed by atoms with Crippen LogP contribution in [0.3, 0.4) is 0 Å². The summed E-state index contributed by atoms with van der Waals surface area (Å²) < 4.78 is 1.89. The average molecular weight is 357 g/mol. The topological polar surface area (TPSA) is 67.1 Å².